The number of aromatic nitrogens is 1. The second-order valence-corrected chi connectivity index (χ2v) is 3.37. The molecule has 4 heteroatoms. The molecule has 0 saturated heterocycles. The summed E-state index contributed by atoms with van der Waals surface area (Å²) in [6, 6.07) is 12.3. The third-order valence-corrected chi connectivity index (χ3v) is 2.20. The van der Waals surface area contributed by atoms with Crippen LogP contribution in [0.15, 0.2) is 42.6 Å². The third-order valence-electron chi connectivity index (χ3n) is 2.20. The van der Waals surface area contributed by atoms with Gasteiger partial charge in [0.15, 0.2) is 0 Å². The van der Waals surface area contributed by atoms with Crippen LogP contribution in [-0.2, 0) is 6.61 Å². The van der Waals surface area contributed by atoms with Gasteiger partial charge >= 0.3 is 0 Å². The molecule has 0 saturated carbocycles. The van der Waals surface area contributed by atoms with Crippen molar-refractivity contribution in [2.45, 2.75) is 6.61 Å². The average molecular weight is 226 g/mol. The van der Waals surface area contributed by atoms with Crippen molar-refractivity contribution in [3.8, 4) is 17.7 Å². The highest BCUT2D eigenvalue weighted by Gasteiger charge is 2.05. The van der Waals surface area contributed by atoms with E-state index in [1.54, 1.807) is 42.6 Å². The van der Waals surface area contributed by atoms with Gasteiger partial charge in [-0.05, 0) is 30.3 Å². The van der Waals surface area contributed by atoms with Crippen LogP contribution >= 0.6 is 0 Å². The molecule has 1 aromatic carbocycles. The Hall–Kier alpha value is -2.38. The number of aliphatic hydroxyl groups excluding tert-OH is 1. The van der Waals surface area contributed by atoms with Gasteiger partial charge in [-0.2, -0.15) is 5.26 Å². The van der Waals surface area contributed by atoms with Crippen LogP contribution in [0.2, 0.25) is 0 Å². The molecule has 1 N–H and O–H groups in total. The lowest BCUT2D eigenvalue weighted by molar-refractivity contribution is 0.275. The first kappa shape index (κ1) is 11.1. The topological polar surface area (TPSA) is 66.1 Å². The van der Waals surface area contributed by atoms with Crippen LogP contribution in [0.3, 0.4) is 0 Å². The number of benzene rings is 1. The summed E-state index contributed by atoms with van der Waals surface area (Å²) in [4.78, 5) is 4.04. The first-order chi connectivity index (χ1) is 8.33. The molecule has 0 fully saturated rings. The third kappa shape index (κ3) is 2.60. The van der Waals surface area contributed by atoms with Crippen LogP contribution in [0.1, 0.15) is 11.1 Å². The zero-order valence-electron chi connectivity index (χ0n) is 9.00. The molecule has 4 nitrogen and oxygen atoms in total. The zero-order chi connectivity index (χ0) is 12.1. The number of nitrogens with zero attached hydrogens (tertiary/aromatic N) is 2. The first-order valence-electron chi connectivity index (χ1n) is 5.06. The minimum Gasteiger partial charge on any atom is -0.439 e. The van der Waals surface area contributed by atoms with E-state index in [9.17, 15) is 0 Å². The maximum atomic E-state index is 9.12. The van der Waals surface area contributed by atoms with E-state index >= 15 is 0 Å². The van der Waals surface area contributed by atoms with Crippen molar-refractivity contribution < 1.29 is 9.84 Å². The minimum atomic E-state index is -0.138. The number of aliphatic hydroxyl groups is 1. The SMILES string of the molecule is N#Cc1cccc(Oc2ncccc2CO)c1. The van der Waals surface area contributed by atoms with Crippen LogP contribution in [0.5, 0.6) is 11.6 Å². The molecular formula is C13H10N2O2. The van der Waals surface area contributed by atoms with Gasteiger partial charge in [0.2, 0.25) is 5.88 Å². The number of pyridine rings is 1. The fourth-order valence-electron chi connectivity index (χ4n) is 1.38. The lowest BCUT2D eigenvalue weighted by Crippen LogP contribution is -1.94. The molecule has 84 valence electrons. The van der Waals surface area contributed by atoms with Gasteiger partial charge in [-0.15, -0.1) is 0 Å². The average Bonchev–Trinajstić information content (AvgIpc) is 2.39. The molecule has 0 aliphatic heterocycles. The van der Waals surface area contributed by atoms with E-state index in [2.05, 4.69) is 4.98 Å². The highest BCUT2D eigenvalue weighted by Crippen LogP contribution is 2.23. The maximum absolute atomic E-state index is 9.12. The fourth-order valence-corrected chi connectivity index (χ4v) is 1.38. The summed E-state index contributed by atoms with van der Waals surface area (Å²) in [5, 5.41) is 17.9. The Morgan fingerprint density at radius 2 is 2.18 bits per heavy atom. The fraction of sp³-hybridized carbons (Fsp3) is 0.0769. The Kier molecular flexibility index (Phi) is 3.34. The minimum absolute atomic E-state index is 0.138. The van der Waals surface area contributed by atoms with Crippen LogP contribution in [0, 0.1) is 11.3 Å². The summed E-state index contributed by atoms with van der Waals surface area (Å²) < 4.78 is 5.52. The van der Waals surface area contributed by atoms with E-state index in [0.717, 1.165) is 0 Å². The van der Waals surface area contributed by atoms with E-state index in [-0.39, 0.29) is 6.61 Å². The summed E-state index contributed by atoms with van der Waals surface area (Å²) >= 11 is 0. The molecule has 0 aliphatic rings. The predicted molar refractivity (Wildman–Crippen MR) is 61.4 cm³/mol. The maximum Gasteiger partial charge on any atom is 0.224 e. The second-order valence-electron chi connectivity index (χ2n) is 3.37. The number of nitriles is 1. The van der Waals surface area contributed by atoms with E-state index in [1.807, 2.05) is 6.07 Å². The van der Waals surface area contributed by atoms with Crippen LogP contribution in [-0.4, -0.2) is 10.1 Å². The van der Waals surface area contributed by atoms with E-state index in [1.165, 1.54) is 0 Å². The number of ether oxygens (including phenoxy) is 1. The summed E-state index contributed by atoms with van der Waals surface area (Å²) in [5.41, 5.74) is 1.12. The van der Waals surface area contributed by atoms with Crippen molar-refractivity contribution >= 4 is 0 Å². The molecule has 0 aliphatic carbocycles. The van der Waals surface area contributed by atoms with Gasteiger partial charge in [0.05, 0.1) is 18.2 Å². The highest BCUT2D eigenvalue weighted by molar-refractivity contribution is 5.38. The molecule has 2 rings (SSSR count). The highest BCUT2D eigenvalue weighted by atomic mass is 16.5. The lowest BCUT2D eigenvalue weighted by atomic mass is 10.2. The smallest absolute Gasteiger partial charge is 0.224 e. The largest absolute Gasteiger partial charge is 0.439 e. The molecule has 0 spiro atoms. The van der Waals surface area contributed by atoms with E-state index in [4.69, 9.17) is 15.1 Å². The van der Waals surface area contributed by atoms with Gasteiger partial charge in [0.25, 0.3) is 0 Å². The van der Waals surface area contributed by atoms with Gasteiger partial charge in [0.1, 0.15) is 5.75 Å². The van der Waals surface area contributed by atoms with Crippen molar-refractivity contribution in [1.82, 2.24) is 4.98 Å². The van der Waals surface area contributed by atoms with Gasteiger partial charge in [-0.3, -0.25) is 0 Å². The second kappa shape index (κ2) is 5.10. The molecule has 0 unspecified atom stereocenters. The lowest BCUT2D eigenvalue weighted by Gasteiger charge is -2.07. The van der Waals surface area contributed by atoms with E-state index < -0.39 is 0 Å². The monoisotopic (exact) mass is 226 g/mol. The number of rotatable bonds is 3. The summed E-state index contributed by atoms with van der Waals surface area (Å²) in [7, 11) is 0. The van der Waals surface area contributed by atoms with Crippen molar-refractivity contribution in [2.75, 3.05) is 0 Å². The van der Waals surface area contributed by atoms with Gasteiger partial charge in [-0.1, -0.05) is 6.07 Å². The zero-order valence-corrected chi connectivity index (χ0v) is 9.00. The Bertz CT molecular complexity index is 561. The van der Waals surface area contributed by atoms with Crippen molar-refractivity contribution in [1.29, 1.82) is 5.26 Å². The van der Waals surface area contributed by atoms with Crippen LogP contribution < -0.4 is 4.74 Å². The number of hydrogen-bond donors (Lipinski definition) is 1. The summed E-state index contributed by atoms with van der Waals surface area (Å²) in [6.07, 6.45) is 1.59. The van der Waals surface area contributed by atoms with Gasteiger partial charge in [0, 0.05) is 11.8 Å². The van der Waals surface area contributed by atoms with Crippen LogP contribution in [0.4, 0.5) is 0 Å². The molecule has 2 aromatic rings. The molecule has 0 radical (unpaired) electrons. The number of hydrogen-bond acceptors (Lipinski definition) is 4. The molecule has 1 heterocycles. The molecule has 0 amide bonds. The van der Waals surface area contributed by atoms with Gasteiger partial charge in [-0.25, -0.2) is 4.98 Å². The molecule has 17 heavy (non-hydrogen) atoms. The molecule has 1 aromatic heterocycles. The molecule has 0 bridgehead atoms. The van der Waals surface area contributed by atoms with Crippen molar-refractivity contribution in [2.24, 2.45) is 0 Å². The Morgan fingerprint density at radius 1 is 1.29 bits per heavy atom. The summed E-state index contributed by atoms with van der Waals surface area (Å²) in [5.74, 6) is 0.877. The molecule has 0 atom stereocenters. The standard InChI is InChI=1S/C13H10N2O2/c14-8-10-3-1-5-12(7-10)17-13-11(9-16)4-2-6-15-13/h1-7,16H,9H2. The normalized spacial score (nSPS) is 9.65. The Balaban J connectivity index is 2.28. The Labute approximate surface area is 98.7 Å². The van der Waals surface area contributed by atoms with Crippen molar-refractivity contribution in [3.05, 3.63) is 53.7 Å². The predicted octanol–water partition coefficient (Wildman–Crippen LogP) is 2.24. The van der Waals surface area contributed by atoms with Crippen molar-refractivity contribution in [3.63, 3.8) is 0 Å². The van der Waals surface area contributed by atoms with Crippen LogP contribution in [0.25, 0.3) is 0 Å². The molecular weight excluding hydrogens is 216 g/mol. The first-order valence-corrected chi connectivity index (χ1v) is 5.06. The Morgan fingerprint density at radius 3 is 2.94 bits per heavy atom. The van der Waals surface area contributed by atoms with Gasteiger partial charge < -0.3 is 9.84 Å². The quantitative estimate of drug-likeness (QED) is 0.871. The van der Waals surface area contributed by atoms with E-state index in [0.29, 0.717) is 22.8 Å². The summed E-state index contributed by atoms with van der Waals surface area (Å²) in [6.45, 7) is -0.138.